The number of rotatable bonds is 2. The summed E-state index contributed by atoms with van der Waals surface area (Å²) in [4.78, 5) is 0. The van der Waals surface area contributed by atoms with Crippen molar-refractivity contribution in [2.75, 3.05) is 0 Å². The van der Waals surface area contributed by atoms with E-state index in [0.717, 1.165) is 23.0 Å². The van der Waals surface area contributed by atoms with Crippen LogP contribution in [-0.4, -0.2) is 4.57 Å². The summed E-state index contributed by atoms with van der Waals surface area (Å²) < 4.78 is 16.6. The zero-order valence-electron chi connectivity index (χ0n) is 13.0. The van der Waals surface area contributed by atoms with Gasteiger partial charge in [-0.15, -0.1) is 0 Å². The van der Waals surface area contributed by atoms with Gasteiger partial charge in [-0.3, -0.25) is 0 Å². The SMILES string of the molecule is CC(C)(C)Cn1ccc2cc(F)c(-c3ccccc3Cl)cc21. The molecule has 0 saturated heterocycles. The Morgan fingerprint density at radius 2 is 1.77 bits per heavy atom. The fraction of sp³-hybridized carbons (Fsp3) is 0.263. The minimum Gasteiger partial charge on any atom is -0.347 e. The van der Waals surface area contributed by atoms with E-state index in [9.17, 15) is 4.39 Å². The molecule has 0 bridgehead atoms. The van der Waals surface area contributed by atoms with E-state index in [1.54, 1.807) is 12.1 Å². The second-order valence-electron chi connectivity index (χ2n) is 6.88. The van der Waals surface area contributed by atoms with Crippen LogP contribution in [0.25, 0.3) is 22.0 Å². The molecule has 114 valence electrons. The van der Waals surface area contributed by atoms with Crippen molar-refractivity contribution in [1.82, 2.24) is 4.57 Å². The Balaban J connectivity index is 2.18. The molecule has 0 aliphatic rings. The van der Waals surface area contributed by atoms with Crippen molar-refractivity contribution in [2.24, 2.45) is 5.41 Å². The minimum atomic E-state index is -0.242. The first kappa shape index (κ1) is 15.1. The molecule has 0 N–H and O–H groups in total. The standard InChI is InChI=1S/C19H19ClFN/c1-19(2,3)12-22-9-8-13-10-17(21)15(11-18(13)22)14-6-4-5-7-16(14)20/h4-11H,12H2,1-3H3. The number of aromatic nitrogens is 1. The monoisotopic (exact) mass is 315 g/mol. The number of hydrogen-bond donors (Lipinski definition) is 0. The predicted molar refractivity (Wildman–Crippen MR) is 91.8 cm³/mol. The van der Waals surface area contributed by atoms with Gasteiger partial charge in [-0.05, 0) is 29.7 Å². The molecule has 1 heterocycles. The average molecular weight is 316 g/mol. The third-order valence-corrected chi connectivity index (χ3v) is 4.00. The number of halogens is 2. The Bertz CT molecular complexity index is 827. The maximum atomic E-state index is 14.5. The molecule has 2 aromatic carbocycles. The van der Waals surface area contributed by atoms with Crippen LogP contribution in [0.3, 0.4) is 0 Å². The van der Waals surface area contributed by atoms with E-state index in [4.69, 9.17) is 11.6 Å². The molecule has 3 aromatic rings. The van der Waals surface area contributed by atoms with Crippen LogP contribution >= 0.6 is 11.6 Å². The van der Waals surface area contributed by atoms with Crippen molar-refractivity contribution < 1.29 is 4.39 Å². The first-order chi connectivity index (χ1) is 10.3. The highest BCUT2D eigenvalue weighted by atomic mass is 35.5. The van der Waals surface area contributed by atoms with Gasteiger partial charge in [0.1, 0.15) is 5.82 Å². The largest absolute Gasteiger partial charge is 0.347 e. The molecule has 0 aliphatic carbocycles. The topological polar surface area (TPSA) is 4.93 Å². The zero-order valence-corrected chi connectivity index (χ0v) is 13.8. The summed E-state index contributed by atoms with van der Waals surface area (Å²) in [6.45, 7) is 7.45. The summed E-state index contributed by atoms with van der Waals surface area (Å²) in [5.74, 6) is -0.242. The van der Waals surface area contributed by atoms with Gasteiger partial charge in [0, 0.05) is 39.8 Å². The second-order valence-corrected chi connectivity index (χ2v) is 7.28. The summed E-state index contributed by atoms with van der Waals surface area (Å²) in [5, 5.41) is 1.48. The minimum absolute atomic E-state index is 0.158. The van der Waals surface area contributed by atoms with E-state index in [1.807, 2.05) is 36.5 Å². The summed E-state index contributed by atoms with van der Waals surface area (Å²) in [6, 6.07) is 12.8. The van der Waals surface area contributed by atoms with Crippen LogP contribution in [0.5, 0.6) is 0 Å². The molecule has 1 nitrogen and oxygen atoms in total. The quantitative estimate of drug-likeness (QED) is 0.534. The molecule has 1 aromatic heterocycles. The van der Waals surface area contributed by atoms with Crippen LogP contribution in [0.1, 0.15) is 20.8 Å². The Morgan fingerprint density at radius 1 is 1.05 bits per heavy atom. The van der Waals surface area contributed by atoms with Gasteiger partial charge in [0.15, 0.2) is 0 Å². The molecule has 3 heteroatoms. The first-order valence-electron chi connectivity index (χ1n) is 7.38. The van der Waals surface area contributed by atoms with Crippen LogP contribution in [0, 0.1) is 11.2 Å². The molecule has 0 unspecified atom stereocenters. The van der Waals surface area contributed by atoms with Crippen LogP contribution in [-0.2, 0) is 6.54 Å². The van der Waals surface area contributed by atoms with Crippen molar-refractivity contribution in [3.8, 4) is 11.1 Å². The molecule has 3 rings (SSSR count). The Hall–Kier alpha value is -1.80. The van der Waals surface area contributed by atoms with Crippen molar-refractivity contribution in [2.45, 2.75) is 27.3 Å². The van der Waals surface area contributed by atoms with Gasteiger partial charge in [-0.1, -0.05) is 50.6 Å². The maximum absolute atomic E-state index is 14.5. The van der Waals surface area contributed by atoms with Gasteiger partial charge in [0.2, 0.25) is 0 Å². The Labute approximate surface area is 135 Å². The molecule has 0 fully saturated rings. The highest BCUT2D eigenvalue weighted by Crippen LogP contribution is 2.33. The van der Waals surface area contributed by atoms with Crippen molar-refractivity contribution in [3.05, 3.63) is 59.5 Å². The zero-order chi connectivity index (χ0) is 15.9. The maximum Gasteiger partial charge on any atom is 0.131 e. The molecule has 0 amide bonds. The van der Waals surface area contributed by atoms with Crippen LogP contribution in [0.2, 0.25) is 5.02 Å². The molecule has 22 heavy (non-hydrogen) atoms. The van der Waals surface area contributed by atoms with E-state index in [1.165, 1.54) is 0 Å². The molecular weight excluding hydrogens is 297 g/mol. The van der Waals surface area contributed by atoms with E-state index < -0.39 is 0 Å². The van der Waals surface area contributed by atoms with Crippen molar-refractivity contribution in [3.63, 3.8) is 0 Å². The van der Waals surface area contributed by atoms with Crippen LogP contribution in [0.15, 0.2) is 48.7 Å². The van der Waals surface area contributed by atoms with E-state index in [-0.39, 0.29) is 11.2 Å². The third kappa shape index (κ3) is 2.89. The van der Waals surface area contributed by atoms with E-state index >= 15 is 0 Å². The highest BCUT2D eigenvalue weighted by Gasteiger charge is 2.15. The molecular formula is C19H19ClFN. The van der Waals surface area contributed by atoms with Gasteiger partial charge in [0.25, 0.3) is 0 Å². The summed E-state index contributed by atoms with van der Waals surface area (Å²) in [6.07, 6.45) is 2.02. The number of benzene rings is 2. The third-order valence-electron chi connectivity index (χ3n) is 3.67. The number of hydrogen-bond acceptors (Lipinski definition) is 0. The summed E-state index contributed by atoms with van der Waals surface area (Å²) in [7, 11) is 0. The molecule has 0 radical (unpaired) electrons. The van der Waals surface area contributed by atoms with Gasteiger partial charge in [-0.25, -0.2) is 4.39 Å². The number of fused-ring (bicyclic) bond motifs is 1. The smallest absolute Gasteiger partial charge is 0.131 e. The Kier molecular flexibility index (Phi) is 3.73. The lowest BCUT2D eigenvalue weighted by Gasteiger charge is -2.20. The van der Waals surface area contributed by atoms with Crippen LogP contribution in [0.4, 0.5) is 4.39 Å². The fourth-order valence-corrected chi connectivity index (χ4v) is 2.98. The molecule has 0 atom stereocenters. The lowest BCUT2D eigenvalue weighted by molar-refractivity contribution is 0.349. The van der Waals surface area contributed by atoms with Crippen LogP contribution < -0.4 is 0 Å². The number of nitrogens with zero attached hydrogens (tertiary/aromatic N) is 1. The predicted octanol–water partition coefficient (Wildman–Crippen LogP) is 6.15. The summed E-state index contributed by atoms with van der Waals surface area (Å²) >= 11 is 6.23. The molecule has 0 saturated carbocycles. The van der Waals surface area contributed by atoms with Gasteiger partial charge >= 0.3 is 0 Å². The summed E-state index contributed by atoms with van der Waals surface area (Å²) in [5.41, 5.74) is 2.47. The van der Waals surface area contributed by atoms with Crippen molar-refractivity contribution >= 4 is 22.5 Å². The van der Waals surface area contributed by atoms with Gasteiger partial charge in [-0.2, -0.15) is 0 Å². The van der Waals surface area contributed by atoms with Gasteiger partial charge < -0.3 is 4.57 Å². The normalized spacial score (nSPS) is 12.0. The highest BCUT2D eigenvalue weighted by molar-refractivity contribution is 6.33. The fourth-order valence-electron chi connectivity index (χ4n) is 2.74. The van der Waals surface area contributed by atoms with Gasteiger partial charge in [0.05, 0.1) is 0 Å². The lowest BCUT2D eigenvalue weighted by Crippen LogP contribution is -2.14. The van der Waals surface area contributed by atoms with Crippen molar-refractivity contribution in [1.29, 1.82) is 0 Å². The Morgan fingerprint density at radius 3 is 2.45 bits per heavy atom. The van der Waals surface area contributed by atoms with E-state index in [2.05, 4.69) is 25.3 Å². The molecule has 0 aliphatic heterocycles. The first-order valence-corrected chi connectivity index (χ1v) is 7.76. The average Bonchev–Trinajstić information content (AvgIpc) is 2.79. The second kappa shape index (κ2) is 5.44. The lowest BCUT2D eigenvalue weighted by atomic mass is 9.96. The molecule has 0 spiro atoms. The van der Waals surface area contributed by atoms with E-state index in [0.29, 0.717) is 10.6 Å².